The standard InChI is InChI=1S/C22H17Cl2NO3/c23-18-10-11-19(20(24)12-18)22(27)25-13-21(26)28-14-15-6-8-17(9-7-15)16-4-2-1-3-5-16/h1-12H,13-14H2,(H,25,27). The summed E-state index contributed by atoms with van der Waals surface area (Å²) in [7, 11) is 0. The normalized spacial score (nSPS) is 10.4. The maximum absolute atomic E-state index is 12.1. The topological polar surface area (TPSA) is 55.4 Å². The Morgan fingerprint density at radius 3 is 2.21 bits per heavy atom. The molecule has 0 heterocycles. The molecule has 3 aromatic rings. The number of hydrogen-bond donors (Lipinski definition) is 1. The number of carbonyl (C=O) groups excluding carboxylic acids is 2. The highest BCUT2D eigenvalue weighted by Crippen LogP contribution is 2.21. The zero-order valence-corrected chi connectivity index (χ0v) is 16.3. The fourth-order valence-corrected chi connectivity index (χ4v) is 3.05. The number of rotatable bonds is 6. The van der Waals surface area contributed by atoms with E-state index in [4.69, 9.17) is 27.9 Å². The van der Waals surface area contributed by atoms with E-state index in [1.54, 1.807) is 6.07 Å². The van der Waals surface area contributed by atoms with Crippen LogP contribution in [0.2, 0.25) is 10.0 Å². The number of esters is 1. The smallest absolute Gasteiger partial charge is 0.325 e. The molecule has 4 nitrogen and oxygen atoms in total. The molecule has 3 rings (SSSR count). The Labute approximate surface area is 173 Å². The third-order valence-electron chi connectivity index (χ3n) is 4.03. The van der Waals surface area contributed by atoms with E-state index < -0.39 is 11.9 Å². The van der Waals surface area contributed by atoms with E-state index in [0.29, 0.717) is 5.02 Å². The van der Waals surface area contributed by atoms with Gasteiger partial charge in [0.05, 0.1) is 10.6 Å². The van der Waals surface area contributed by atoms with Gasteiger partial charge in [-0.2, -0.15) is 0 Å². The van der Waals surface area contributed by atoms with E-state index in [9.17, 15) is 9.59 Å². The third kappa shape index (κ3) is 5.35. The predicted molar refractivity (Wildman–Crippen MR) is 110 cm³/mol. The number of ether oxygens (including phenoxy) is 1. The molecule has 3 aromatic carbocycles. The summed E-state index contributed by atoms with van der Waals surface area (Å²) < 4.78 is 5.20. The summed E-state index contributed by atoms with van der Waals surface area (Å²) in [4.78, 5) is 24.0. The SMILES string of the molecule is O=C(CNC(=O)c1ccc(Cl)cc1Cl)OCc1ccc(-c2ccccc2)cc1. The van der Waals surface area contributed by atoms with Crippen LogP contribution in [0.3, 0.4) is 0 Å². The minimum Gasteiger partial charge on any atom is -0.460 e. The van der Waals surface area contributed by atoms with Crippen molar-refractivity contribution in [3.05, 3.63) is 94.0 Å². The molecule has 28 heavy (non-hydrogen) atoms. The molecule has 0 atom stereocenters. The highest BCUT2D eigenvalue weighted by Gasteiger charge is 2.12. The van der Waals surface area contributed by atoms with Crippen molar-refractivity contribution in [3.63, 3.8) is 0 Å². The molecular weight excluding hydrogens is 397 g/mol. The van der Waals surface area contributed by atoms with Gasteiger partial charge >= 0.3 is 5.97 Å². The van der Waals surface area contributed by atoms with Crippen LogP contribution in [0.1, 0.15) is 15.9 Å². The molecule has 0 saturated carbocycles. The van der Waals surface area contributed by atoms with Gasteiger partial charge in [0.2, 0.25) is 0 Å². The average Bonchev–Trinajstić information content (AvgIpc) is 2.71. The number of benzene rings is 3. The largest absolute Gasteiger partial charge is 0.460 e. The summed E-state index contributed by atoms with van der Waals surface area (Å²) in [5, 5.41) is 3.13. The minimum absolute atomic E-state index is 0.130. The maximum Gasteiger partial charge on any atom is 0.325 e. The van der Waals surface area contributed by atoms with Crippen LogP contribution in [0.15, 0.2) is 72.8 Å². The van der Waals surface area contributed by atoms with Crippen LogP contribution >= 0.6 is 23.2 Å². The van der Waals surface area contributed by atoms with Crippen molar-refractivity contribution in [2.75, 3.05) is 6.54 Å². The first-order valence-electron chi connectivity index (χ1n) is 8.56. The first-order chi connectivity index (χ1) is 13.5. The van der Waals surface area contributed by atoms with Gasteiger partial charge in [0.25, 0.3) is 5.91 Å². The van der Waals surface area contributed by atoms with Crippen molar-refractivity contribution in [1.29, 1.82) is 0 Å². The quantitative estimate of drug-likeness (QED) is 0.569. The van der Waals surface area contributed by atoms with Gasteiger partial charge in [0, 0.05) is 5.02 Å². The predicted octanol–water partition coefficient (Wildman–Crippen LogP) is 5.13. The number of amides is 1. The van der Waals surface area contributed by atoms with Gasteiger partial charge < -0.3 is 10.1 Å². The number of carbonyl (C=O) groups is 2. The highest BCUT2D eigenvalue weighted by atomic mass is 35.5. The van der Waals surface area contributed by atoms with Gasteiger partial charge in [-0.1, -0.05) is 77.8 Å². The zero-order valence-electron chi connectivity index (χ0n) is 14.8. The van der Waals surface area contributed by atoms with Gasteiger partial charge in [-0.15, -0.1) is 0 Å². The van der Waals surface area contributed by atoms with Gasteiger partial charge in [0.1, 0.15) is 13.2 Å². The Balaban J connectivity index is 1.48. The second-order valence-electron chi connectivity index (χ2n) is 6.03. The summed E-state index contributed by atoms with van der Waals surface area (Å²) in [6.45, 7) is -0.120. The lowest BCUT2D eigenvalue weighted by Crippen LogP contribution is -2.30. The Kier molecular flexibility index (Phi) is 6.69. The van der Waals surface area contributed by atoms with Crippen LogP contribution in [0.4, 0.5) is 0 Å². The Morgan fingerprint density at radius 2 is 1.54 bits per heavy atom. The lowest BCUT2D eigenvalue weighted by molar-refractivity contribution is -0.143. The fourth-order valence-electron chi connectivity index (χ4n) is 2.56. The van der Waals surface area contributed by atoms with Crippen molar-refractivity contribution in [1.82, 2.24) is 5.32 Å². The van der Waals surface area contributed by atoms with Crippen molar-refractivity contribution >= 4 is 35.1 Å². The summed E-state index contributed by atoms with van der Waals surface area (Å²) >= 11 is 11.8. The maximum atomic E-state index is 12.1. The molecule has 142 valence electrons. The van der Waals surface area contributed by atoms with Crippen molar-refractivity contribution < 1.29 is 14.3 Å². The summed E-state index contributed by atoms with van der Waals surface area (Å²) in [5.74, 6) is -1.00. The molecular formula is C22H17Cl2NO3. The van der Waals surface area contributed by atoms with E-state index in [1.807, 2.05) is 54.6 Å². The van der Waals surface area contributed by atoms with Gasteiger partial charge in [-0.25, -0.2) is 0 Å². The minimum atomic E-state index is -0.537. The third-order valence-corrected chi connectivity index (χ3v) is 4.58. The van der Waals surface area contributed by atoms with E-state index in [2.05, 4.69) is 5.32 Å². The van der Waals surface area contributed by atoms with Gasteiger partial charge in [-0.05, 0) is 34.9 Å². The average molecular weight is 414 g/mol. The molecule has 0 unspecified atom stereocenters. The molecule has 0 bridgehead atoms. The molecule has 0 aliphatic carbocycles. The summed E-state index contributed by atoms with van der Waals surface area (Å²) in [5.41, 5.74) is 3.31. The van der Waals surface area contributed by atoms with Gasteiger partial charge in [-0.3, -0.25) is 9.59 Å². The molecule has 0 aliphatic rings. The number of halogens is 2. The summed E-state index contributed by atoms with van der Waals surface area (Å²) in [6, 6.07) is 22.3. The first-order valence-corrected chi connectivity index (χ1v) is 9.32. The molecule has 0 fully saturated rings. The molecule has 6 heteroatoms. The lowest BCUT2D eigenvalue weighted by Gasteiger charge is -2.08. The van der Waals surface area contributed by atoms with Gasteiger partial charge in [0.15, 0.2) is 0 Å². The molecule has 0 radical (unpaired) electrons. The molecule has 0 saturated heterocycles. The second-order valence-corrected chi connectivity index (χ2v) is 6.87. The van der Waals surface area contributed by atoms with Crippen LogP contribution in [0.25, 0.3) is 11.1 Å². The Morgan fingerprint density at radius 1 is 0.857 bits per heavy atom. The lowest BCUT2D eigenvalue weighted by atomic mass is 10.0. The zero-order chi connectivity index (χ0) is 19.9. The molecule has 0 spiro atoms. The Bertz CT molecular complexity index is 973. The molecule has 0 aromatic heterocycles. The molecule has 1 amide bonds. The van der Waals surface area contributed by atoms with Crippen molar-refractivity contribution in [2.24, 2.45) is 0 Å². The number of nitrogens with one attached hydrogen (secondary N) is 1. The van der Waals surface area contributed by atoms with E-state index in [1.165, 1.54) is 12.1 Å². The summed E-state index contributed by atoms with van der Waals surface area (Å²) in [6.07, 6.45) is 0. The van der Waals surface area contributed by atoms with Crippen LogP contribution in [0, 0.1) is 0 Å². The van der Waals surface area contributed by atoms with Crippen molar-refractivity contribution in [3.8, 4) is 11.1 Å². The molecule has 0 aliphatic heterocycles. The first kappa shape index (κ1) is 19.9. The van der Waals surface area contributed by atoms with Crippen LogP contribution in [-0.2, 0) is 16.1 Å². The van der Waals surface area contributed by atoms with Crippen LogP contribution < -0.4 is 5.32 Å². The van der Waals surface area contributed by atoms with E-state index in [-0.39, 0.29) is 23.7 Å². The highest BCUT2D eigenvalue weighted by molar-refractivity contribution is 6.36. The fraction of sp³-hybridized carbons (Fsp3) is 0.0909. The Hall–Kier alpha value is -2.82. The van der Waals surface area contributed by atoms with E-state index in [0.717, 1.165) is 16.7 Å². The van der Waals surface area contributed by atoms with E-state index >= 15 is 0 Å². The second kappa shape index (κ2) is 9.40. The molecule has 1 N–H and O–H groups in total. The van der Waals surface area contributed by atoms with Crippen LogP contribution in [-0.4, -0.2) is 18.4 Å². The monoisotopic (exact) mass is 413 g/mol. The van der Waals surface area contributed by atoms with Crippen molar-refractivity contribution in [2.45, 2.75) is 6.61 Å². The number of hydrogen-bond acceptors (Lipinski definition) is 3. The van der Waals surface area contributed by atoms with Crippen LogP contribution in [0.5, 0.6) is 0 Å².